The second-order valence-electron chi connectivity index (χ2n) is 5.66. The van der Waals surface area contributed by atoms with E-state index in [2.05, 4.69) is 6.07 Å². The van der Waals surface area contributed by atoms with Gasteiger partial charge in [0.2, 0.25) is 0 Å². The van der Waals surface area contributed by atoms with Crippen LogP contribution >= 0.6 is 0 Å². The van der Waals surface area contributed by atoms with Crippen molar-refractivity contribution >= 4 is 0 Å². The van der Waals surface area contributed by atoms with E-state index in [9.17, 15) is 13.2 Å². The van der Waals surface area contributed by atoms with Crippen LogP contribution in [0.1, 0.15) is 16.7 Å². The van der Waals surface area contributed by atoms with Crippen molar-refractivity contribution in [2.24, 2.45) is 0 Å². The van der Waals surface area contributed by atoms with E-state index in [1.807, 2.05) is 24.3 Å². The summed E-state index contributed by atoms with van der Waals surface area (Å²) in [7, 11) is 0. The van der Waals surface area contributed by atoms with Gasteiger partial charge in [-0.05, 0) is 41.5 Å². The maximum atomic E-state index is 13.0. The van der Waals surface area contributed by atoms with Crippen LogP contribution in [-0.2, 0) is 12.8 Å². The first-order valence-corrected chi connectivity index (χ1v) is 7.86. The van der Waals surface area contributed by atoms with E-state index in [-0.39, 0.29) is 12.2 Å². The van der Waals surface area contributed by atoms with Crippen molar-refractivity contribution in [2.75, 3.05) is 0 Å². The lowest BCUT2D eigenvalue weighted by Gasteiger charge is -2.13. The van der Waals surface area contributed by atoms with Crippen LogP contribution in [0.15, 0.2) is 72.8 Å². The van der Waals surface area contributed by atoms with E-state index < -0.39 is 11.7 Å². The average molecular weight is 353 g/mol. The van der Waals surface area contributed by atoms with Gasteiger partial charge in [-0.25, -0.2) is 0 Å². The summed E-state index contributed by atoms with van der Waals surface area (Å²) in [4.78, 5) is 0. The van der Waals surface area contributed by atoms with Crippen molar-refractivity contribution in [1.29, 1.82) is 5.26 Å². The second-order valence-corrected chi connectivity index (χ2v) is 5.66. The molecule has 0 heterocycles. The number of rotatable bonds is 4. The maximum absolute atomic E-state index is 13.0. The lowest BCUT2D eigenvalue weighted by Crippen LogP contribution is -2.10. The third kappa shape index (κ3) is 4.04. The largest absolute Gasteiger partial charge is 0.489 e. The molecule has 0 aliphatic rings. The lowest BCUT2D eigenvalue weighted by molar-refractivity contribution is -0.138. The molecule has 130 valence electrons. The van der Waals surface area contributed by atoms with Crippen LogP contribution in [0.4, 0.5) is 13.2 Å². The van der Waals surface area contributed by atoms with Crippen LogP contribution in [0, 0.1) is 11.3 Å². The summed E-state index contributed by atoms with van der Waals surface area (Å²) in [5.74, 6) is 0.486. The quantitative estimate of drug-likeness (QED) is 0.592. The van der Waals surface area contributed by atoms with E-state index >= 15 is 0 Å². The molecule has 0 N–H and O–H groups in total. The molecule has 0 aromatic heterocycles. The zero-order chi connectivity index (χ0) is 18.6. The summed E-state index contributed by atoms with van der Waals surface area (Å²) in [5.41, 5.74) is 1.86. The molecule has 26 heavy (non-hydrogen) atoms. The fraction of sp³-hybridized carbons (Fsp3) is 0.0952. The molecule has 0 saturated heterocycles. The van der Waals surface area contributed by atoms with E-state index in [0.717, 1.165) is 17.2 Å². The normalized spacial score (nSPS) is 11.0. The molecule has 0 bridgehead atoms. The highest BCUT2D eigenvalue weighted by Gasteiger charge is 2.32. The number of hydrogen-bond donors (Lipinski definition) is 0. The Morgan fingerprint density at radius 3 is 1.96 bits per heavy atom. The Balaban J connectivity index is 1.72. The summed E-state index contributed by atoms with van der Waals surface area (Å²) < 4.78 is 44.5. The SMILES string of the molecule is N#Cc1ccc(-c2ccc(OCc3ccccc3C(F)(F)F)cc2)cc1. The molecular weight excluding hydrogens is 339 g/mol. The van der Waals surface area contributed by atoms with Crippen molar-refractivity contribution < 1.29 is 17.9 Å². The number of hydrogen-bond acceptors (Lipinski definition) is 2. The lowest BCUT2D eigenvalue weighted by atomic mass is 10.0. The average Bonchev–Trinajstić information content (AvgIpc) is 2.66. The third-order valence-electron chi connectivity index (χ3n) is 3.92. The zero-order valence-corrected chi connectivity index (χ0v) is 13.6. The van der Waals surface area contributed by atoms with Gasteiger partial charge in [-0.3, -0.25) is 0 Å². The number of alkyl halides is 3. The Bertz CT molecular complexity index is 923. The highest BCUT2D eigenvalue weighted by atomic mass is 19.4. The van der Waals surface area contributed by atoms with Crippen LogP contribution in [0.3, 0.4) is 0 Å². The van der Waals surface area contributed by atoms with Gasteiger partial charge in [0.1, 0.15) is 12.4 Å². The molecule has 0 spiro atoms. The molecule has 3 rings (SSSR count). The van der Waals surface area contributed by atoms with Crippen LogP contribution in [0.25, 0.3) is 11.1 Å². The first-order chi connectivity index (χ1) is 12.5. The number of nitriles is 1. The van der Waals surface area contributed by atoms with Crippen molar-refractivity contribution in [3.63, 3.8) is 0 Å². The molecule has 2 nitrogen and oxygen atoms in total. The Hall–Kier alpha value is -3.26. The molecule has 0 atom stereocenters. The van der Waals surface area contributed by atoms with E-state index in [4.69, 9.17) is 10.00 Å². The standard InChI is InChI=1S/C21H14F3NO/c22-21(23,24)20-4-2-1-3-18(20)14-26-19-11-9-17(10-12-19)16-7-5-15(13-25)6-8-16/h1-12H,14H2. The van der Waals surface area contributed by atoms with Gasteiger partial charge >= 0.3 is 6.18 Å². The Morgan fingerprint density at radius 2 is 1.38 bits per heavy atom. The molecule has 0 aliphatic heterocycles. The van der Waals surface area contributed by atoms with Crippen molar-refractivity contribution in [3.05, 3.63) is 89.5 Å². The van der Waals surface area contributed by atoms with E-state index in [1.54, 1.807) is 30.3 Å². The van der Waals surface area contributed by atoms with Gasteiger partial charge < -0.3 is 4.74 Å². The molecule has 0 fully saturated rings. The van der Waals surface area contributed by atoms with Crippen LogP contribution < -0.4 is 4.74 Å². The minimum atomic E-state index is -4.40. The smallest absolute Gasteiger partial charge is 0.416 e. The molecule has 5 heteroatoms. The highest BCUT2D eigenvalue weighted by Crippen LogP contribution is 2.32. The molecule has 0 aliphatic carbocycles. The van der Waals surface area contributed by atoms with Crippen LogP contribution in [0.5, 0.6) is 5.75 Å². The third-order valence-corrected chi connectivity index (χ3v) is 3.92. The van der Waals surface area contributed by atoms with Gasteiger partial charge in [0.15, 0.2) is 0 Å². The summed E-state index contributed by atoms with van der Waals surface area (Å²) in [6.45, 7) is -0.161. The molecule has 0 saturated carbocycles. The molecule has 0 unspecified atom stereocenters. The summed E-state index contributed by atoms with van der Waals surface area (Å²) in [5, 5.41) is 8.82. The molecule has 3 aromatic rings. The first kappa shape index (κ1) is 17.6. The van der Waals surface area contributed by atoms with E-state index in [0.29, 0.717) is 11.3 Å². The summed E-state index contributed by atoms with van der Waals surface area (Å²) in [6.07, 6.45) is -4.40. The number of nitrogens with zero attached hydrogens (tertiary/aromatic N) is 1. The fourth-order valence-electron chi connectivity index (χ4n) is 2.56. The van der Waals surface area contributed by atoms with Gasteiger partial charge in [0.05, 0.1) is 17.2 Å². The Morgan fingerprint density at radius 1 is 0.808 bits per heavy atom. The Labute approximate surface area is 149 Å². The highest BCUT2D eigenvalue weighted by molar-refractivity contribution is 5.64. The van der Waals surface area contributed by atoms with Crippen molar-refractivity contribution in [2.45, 2.75) is 12.8 Å². The van der Waals surface area contributed by atoms with Gasteiger partial charge in [-0.1, -0.05) is 42.5 Å². The van der Waals surface area contributed by atoms with Gasteiger partial charge in [-0.15, -0.1) is 0 Å². The van der Waals surface area contributed by atoms with Crippen LogP contribution in [0.2, 0.25) is 0 Å². The predicted octanol–water partition coefficient (Wildman–Crippen LogP) is 5.82. The number of halogens is 3. The fourth-order valence-corrected chi connectivity index (χ4v) is 2.56. The van der Waals surface area contributed by atoms with E-state index in [1.165, 1.54) is 12.1 Å². The summed E-state index contributed by atoms with van der Waals surface area (Å²) >= 11 is 0. The van der Waals surface area contributed by atoms with Crippen molar-refractivity contribution in [3.8, 4) is 22.9 Å². The minimum absolute atomic E-state index is 0.0937. The van der Waals surface area contributed by atoms with Crippen molar-refractivity contribution in [1.82, 2.24) is 0 Å². The predicted molar refractivity (Wildman–Crippen MR) is 92.4 cm³/mol. The topological polar surface area (TPSA) is 33.0 Å². The number of benzene rings is 3. The van der Waals surface area contributed by atoms with Gasteiger partial charge in [0, 0.05) is 5.56 Å². The summed E-state index contributed by atoms with van der Waals surface area (Å²) in [6, 6.07) is 21.7. The van der Waals surface area contributed by atoms with Gasteiger partial charge in [-0.2, -0.15) is 18.4 Å². The monoisotopic (exact) mass is 353 g/mol. The molecular formula is C21H14F3NO. The molecule has 3 aromatic carbocycles. The molecule has 0 radical (unpaired) electrons. The van der Waals surface area contributed by atoms with Gasteiger partial charge in [0.25, 0.3) is 0 Å². The second kappa shape index (κ2) is 7.32. The zero-order valence-electron chi connectivity index (χ0n) is 13.6. The first-order valence-electron chi connectivity index (χ1n) is 7.86. The minimum Gasteiger partial charge on any atom is -0.489 e. The maximum Gasteiger partial charge on any atom is 0.416 e. The van der Waals surface area contributed by atoms with Crippen LogP contribution in [-0.4, -0.2) is 0 Å². The molecule has 0 amide bonds. The number of ether oxygens (including phenoxy) is 1. The Kier molecular flexibility index (Phi) is 4.94.